The van der Waals surface area contributed by atoms with Crippen molar-refractivity contribution in [1.29, 1.82) is 0 Å². The van der Waals surface area contributed by atoms with Crippen LogP contribution in [0.3, 0.4) is 0 Å². The van der Waals surface area contributed by atoms with Crippen molar-refractivity contribution in [1.82, 2.24) is 4.57 Å². The molecular formula is C12H10F3N. The summed E-state index contributed by atoms with van der Waals surface area (Å²) in [5, 5.41) is 0. The van der Waals surface area contributed by atoms with E-state index in [-0.39, 0.29) is 0 Å². The Morgan fingerprint density at radius 2 is 1.62 bits per heavy atom. The summed E-state index contributed by atoms with van der Waals surface area (Å²) in [5.74, 6) is 0. The van der Waals surface area contributed by atoms with E-state index in [9.17, 15) is 13.2 Å². The van der Waals surface area contributed by atoms with Crippen molar-refractivity contribution in [2.75, 3.05) is 0 Å². The molecular weight excluding hydrogens is 215 g/mol. The fourth-order valence-electron chi connectivity index (χ4n) is 1.58. The maximum Gasteiger partial charge on any atom is 0.416 e. The Hall–Kier alpha value is -1.71. The molecule has 0 amide bonds. The molecule has 0 saturated heterocycles. The van der Waals surface area contributed by atoms with Crippen LogP contribution in [0.2, 0.25) is 0 Å². The van der Waals surface area contributed by atoms with Gasteiger partial charge in [-0.1, -0.05) is 0 Å². The van der Waals surface area contributed by atoms with Crippen LogP contribution >= 0.6 is 0 Å². The van der Waals surface area contributed by atoms with Gasteiger partial charge in [-0.25, -0.2) is 0 Å². The van der Waals surface area contributed by atoms with Crippen LogP contribution in [0.4, 0.5) is 13.2 Å². The molecule has 16 heavy (non-hydrogen) atoms. The van der Waals surface area contributed by atoms with Crippen LogP contribution in [0.1, 0.15) is 11.1 Å². The van der Waals surface area contributed by atoms with Gasteiger partial charge >= 0.3 is 6.18 Å². The highest BCUT2D eigenvalue weighted by Gasteiger charge is 2.30. The van der Waals surface area contributed by atoms with Crippen LogP contribution in [0.25, 0.3) is 5.69 Å². The van der Waals surface area contributed by atoms with E-state index in [0.29, 0.717) is 11.3 Å². The van der Waals surface area contributed by atoms with E-state index < -0.39 is 11.7 Å². The lowest BCUT2D eigenvalue weighted by Gasteiger charge is -2.11. The molecule has 0 spiro atoms. The molecule has 4 heteroatoms. The quantitative estimate of drug-likeness (QED) is 0.695. The van der Waals surface area contributed by atoms with Gasteiger partial charge in [-0.15, -0.1) is 0 Å². The second-order valence-electron chi connectivity index (χ2n) is 3.65. The summed E-state index contributed by atoms with van der Waals surface area (Å²) in [4.78, 5) is 0. The number of rotatable bonds is 1. The summed E-state index contributed by atoms with van der Waals surface area (Å²) in [5.41, 5.74) is 0.507. The first-order chi connectivity index (χ1) is 7.47. The molecule has 0 saturated carbocycles. The van der Waals surface area contributed by atoms with Crippen LogP contribution < -0.4 is 0 Å². The lowest BCUT2D eigenvalue weighted by Crippen LogP contribution is -2.06. The minimum atomic E-state index is -4.30. The smallest absolute Gasteiger partial charge is 0.324 e. The minimum absolute atomic E-state index is 0.525. The summed E-state index contributed by atoms with van der Waals surface area (Å²) < 4.78 is 39.4. The lowest BCUT2D eigenvalue weighted by molar-refractivity contribution is -0.137. The molecule has 1 heterocycles. The van der Waals surface area contributed by atoms with Gasteiger partial charge in [0.2, 0.25) is 0 Å². The Bertz CT molecular complexity index is 483. The van der Waals surface area contributed by atoms with E-state index in [1.807, 2.05) is 0 Å². The third-order valence-corrected chi connectivity index (χ3v) is 2.29. The number of nitrogens with zero attached hydrogens (tertiary/aromatic N) is 1. The van der Waals surface area contributed by atoms with Crippen molar-refractivity contribution in [3.05, 3.63) is 53.9 Å². The highest BCUT2D eigenvalue weighted by Crippen LogP contribution is 2.31. The Kier molecular flexibility index (Phi) is 2.50. The van der Waals surface area contributed by atoms with Crippen molar-refractivity contribution < 1.29 is 13.2 Å². The molecule has 2 rings (SSSR count). The predicted octanol–water partition coefficient (Wildman–Crippen LogP) is 3.80. The fourth-order valence-corrected chi connectivity index (χ4v) is 1.58. The van der Waals surface area contributed by atoms with Crippen molar-refractivity contribution in [3.8, 4) is 5.69 Å². The number of aryl methyl sites for hydroxylation is 1. The zero-order valence-electron chi connectivity index (χ0n) is 8.62. The minimum Gasteiger partial charge on any atom is -0.324 e. The third-order valence-electron chi connectivity index (χ3n) is 2.29. The zero-order valence-corrected chi connectivity index (χ0v) is 8.62. The normalized spacial score (nSPS) is 11.8. The van der Waals surface area contributed by atoms with Gasteiger partial charge in [-0.2, -0.15) is 13.2 Å². The second-order valence-corrected chi connectivity index (χ2v) is 3.65. The molecule has 0 aliphatic heterocycles. The molecule has 0 bridgehead atoms. The first kappa shape index (κ1) is 10.8. The Morgan fingerprint density at radius 3 is 2.19 bits per heavy atom. The van der Waals surface area contributed by atoms with Gasteiger partial charge in [-0.05, 0) is 42.8 Å². The number of hydrogen-bond acceptors (Lipinski definition) is 0. The average molecular weight is 225 g/mol. The van der Waals surface area contributed by atoms with Crippen LogP contribution in [0, 0.1) is 6.92 Å². The molecule has 0 atom stereocenters. The molecule has 0 aliphatic rings. The van der Waals surface area contributed by atoms with Crippen molar-refractivity contribution in [3.63, 3.8) is 0 Å². The number of aromatic nitrogens is 1. The highest BCUT2D eigenvalue weighted by molar-refractivity contribution is 5.41. The Balaban J connectivity index is 2.53. The van der Waals surface area contributed by atoms with Crippen LogP contribution in [0.5, 0.6) is 0 Å². The number of benzene rings is 1. The van der Waals surface area contributed by atoms with E-state index >= 15 is 0 Å². The maximum atomic E-state index is 12.6. The van der Waals surface area contributed by atoms with Gasteiger partial charge < -0.3 is 4.57 Å². The predicted molar refractivity (Wildman–Crippen MR) is 55.5 cm³/mol. The second kappa shape index (κ2) is 3.70. The number of halogens is 3. The van der Waals surface area contributed by atoms with E-state index in [2.05, 4.69) is 0 Å². The first-order valence-corrected chi connectivity index (χ1v) is 4.79. The van der Waals surface area contributed by atoms with Crippen molar-refractivity contribution in [2.24, 2.45) is 0 Å². The zero-order chi connectivity index (χ0) is 11.8. The maximum absolute atomic E-state index is 12.6. The van der Waals surface area contributed by atoms with Crippen molar-refractivity contribution >= 4 is 0 Å². The lowest BCUT2D eigenvalue weighted by atomic mass is 10.1. The van der Waals surface area contributed by atoms with Crippen molar-refractivity contribution in [2.45, 2.75) is 13.1 Å². The summed E-state index contributed by atoms with van der Waals surface area (Å²) in [6.07, 6.45) is -0.863. The van der Waals surface area contributed by atoms with Gasteiger partial charge in [0.15, 0.2) is 0 Å². The molecule has 1 nitrogen and oxygen atoms in total. The Labute approximate surface area is 91.1 Å². The molecule has 0 N–H and O–H groups in total. The third kappa shape index (κ3) is 2.10. The first-order valence-electron chi connectivity index (χ1n) is 4.79. The van der Waals surface area contributed by atoms with E-state index in [1.54, 1.807) is 42.1 Å². The fraction of sp³-hybridized carbons (Fsp3) is 0.167. The summed E-state index contributed by atoms with van der Waals surface area (Å²) >= 11 is 0. The largest absolute Gasteiger partial charge is 0.416 e. The van der Waals surface area contributed by atoms with Gasteiger partial charge in [0.1, 0.15) is 0 Å². The van der Waals surface area contributed by atoms with Gasteiger partial charge in [0.05, 0.1) is 5.56 Å². The molecule has 1 aromatic carbocycles. The molecule has 0 aliphatic carbocycles. The SMILES string of the molecule is Cc1cc(-n2cccc2)cc(C(F)(F)F)c1. The monoisotopic (exact) mass is 225 g/mol. The van der Waals surface area contributed by atoms with E-state index in [1.165, 1.54) is 0 Å². The standard InChI is InChI=1S/C12H10F3N/c1-9-6-10(12(13,14)15)8-11(7-9)16-4-2-3-5-16/h2-8H,1H3. The molecule has 0 fully saturated rings. The number of alkyl halides is 3. The Morgan fingerprint density at radius 1 is 1.00 bits per heavy atom. The average Bonchev–Trinajstić information content (AvgIpc) is 2.68. The highest BCUT2D eigenvalue weighted by atomic mass is 19.4. The van der Waals surface area contributed by atoms with Crippen LogP contribution in [-0.4, -0.2) is 4.57 Å². The van der Waals surface area contributed by atoms with Gasteiger partial charge in [0.25, 0.3) is 0 Å². The van der Waals surface area contributed by atoms with Gasteiger partial charge in [-0.3, -0.25) is 0 Å². The molecule has 2 aromatic rings. The summed E-state index contributed by atoms with van der Waals surface area (Å²) in [7, 11) is 0. The van der Waals surface area contributed by atoms with Crippen LogP contribution in [0.15, 0.2) is 42.7 Å². The number of hydrogen-bond donors (Lipinski definition) is 0. The molecule has 0 radical (unpaired) electrons. The topological polar surface area (TPSA) is 4.93 Å². The van der Waals surface area contributed by atoms with Crippen LogP contribution in [-0.2, 0) is 6.18 Å². The summed E-state index contributed by atoms with van der Waals surface area (Å²) in [6.45, 7) is 1.66. The van der Waals surface area contributed by atoms with E-state index in [4.69, 9.17) is 0 Å². The van der Waals surface area contributed by atoms with Gasteiger partial charge in [0, 0.05) is 18.1 Å². The summed E-state index contributed by atoms with van der Waals surface area (Å²) in [6, 6.07) is 7.56. The molecule has 84 valence electrons. The molecule has 1 aromatic heterocycles. The molecule has 0 unspecified atom stereocenters. The van der Waals surface area contributed by atoms with E-state index in [0.717, 1.165) is 12.1 Å².